The number of carbonyl (C=O) groups is 2. The van der Waals surface area contributed by atoms with E-state index in [0.717, 1.165) is 24.9 Å². The minimum absolute atomic E-state index is 0.300. The summed E-state index contributed by atoms with van der Waals surface area (Å²) < 4.78 is 21.4. The summed E-state index contributed by atoms with van der Waals surface area (Å²) in [6, 6.07) is 5.38. The van der Waals surface area contributed by atoms with Crippen molar-refractivity contribution in [3.8, 4) is 5.75 Å². The van der Waals surface area contributed by atoms with E-state index in [2.05, 4.69) is 5.32 Å². The summed E-state index contributed by atoms with van der Waals surface area (Å²) in [5, 5.41) is 14.2. The zero-order valence-electron chi connectivity index (χ0n) is 25.8. The monoisotopic (exact) mass is 573 g/mol. The Balaban J connectivity index is 0.000000294. The van der Waals surface area contributed by atoms with Gasteiger partial charge >= 0.3 is 6.16 Å². The number of ether oxygens (including phenoxy) is 4. The Kier molecular flexibility index (Phi) is 13.0. The highest BCUT2D eigenvalue weighted by atomic mass is 16.7. The summed E-state index contributed by atoms with van der Waals surface area (Å²) in [5.41, 5.74) is 1.23. The van der Waals surface area contributed by atoms with E-state index in [-0.39, 0.29) is 5.76 Å². The molecule has 1 saturated heterocycles. The zero-order chi connectivity index (χ0) is 29.8. The molecule has 0 spiro atoms. The summed E-state index contributed by atoms with van der Waals surface area (Å²) in [7, 11) is 0. The van der Waals surface area contributed by atoms with E-state index in [1.807, 2.05) is 0 Å². The van der Waals surface area contributed by atoms with E-state index in [1.165, 1.54) is 70.3 Å². The van der Waals surface area contributed by atoms with Gasteiger partial charge in [-0.1, -0.05) is 12.8 Å². The smallest absolute Gasteiger partial charge is 0.514 e. The van der Waals surface area contributed by atoms with Gasteiger partial charge in [0.25, 0.3) is 0 Å². The second kappa shape index (κ2) is 16.2. The lowest BCUT2D eigenvalue weighted by molar-refractivity contribution is -0.725. The van der Waals surface area contributed by atoms with Crippen LogP contribution in [0.15, 0.2) is 17.9 Å². The third kappa shape index (κ3) is 12.0. The highest BCUT2D eigenvalue weighted by Gasteiger charge is 2.23. The van der Waals surface area contributed by atoms with E-state index in [9.17, 15) is 14.7 Å². The van der Waals surface area contributed by atoms with Crippen molar-refractivity contribution in [2.75, 3.05) is 6.61 Å². The van der Waals surface area contributed by atoms with E-state index in [1.54, 1.807) is 46.8 Å². The van der Waals surface area contributed by atoms with Crippen LogP contribution in [0.3, 0.4) is 0 Å². The van der Waals surface area contributed by atoms with Gasteiger partial charge in [-0.05, 0) is 134 Å². The molecule has 2 saturated carbocycles. The summed E-state index contributed by atoms with van der Waals surface area (Å²) in [5.74, 6) is -1.34. The number of hydrogen-bond acceptors (Lipinski definition) is 7. The van der Waals surface area contributed by atoms with Crippen molar-refractivity contribution in [1.29, 1.82) is 0 Å². The van der Waals surface area contributed by atoms with Crippen molar-refractivity contribution in [2.45, 2.75) is 142 Å². The summed E-state index contributed by atoms with van der Waals surface area (Å²) in [6.07, 6.45) is 17.4. The molecule has 3 aliphatic rings. The maximum Gasteiger partial charge on any atom is 0.514 e. The Morgan fingerprint density at radius 3 is 1.88 bits per heavy atom. The highest BCUT2D eigenvalue weighted by Crippen LogP contribution is 2.28. The molecule has 1 heterocycles. The third-order valence-corrected chi connectivity index (χ3v) is 7.80. The van der Waals surface area contributed by atoms with E-state index in [4.69, 9.17) is 18.9 Å². The van der Waals surface area contributed by atoms with Crippen molar-refractivity contribution in [2.24, 2.45) is 0 Å². The lowest BCUT2D eigenvalue weighted by Gasteiger charge is -2.27. The van der Waals surface area contributed by atoms with Crippen molar-refractivity contribution in [3.63, 3.8) is 0 Å². The molecule has 8 nitrogen and oxygen atoms in total. The number of rotatable bonds is 7. The van der Waals surface area contributed by atoms with Gasteiger partial charge in [0.1, 0.15) is 23.1 Å². The largest absolute Gasteiger partial charge is 0.542 e. The molecule has 0 aromatic heterocycles. The fourth-order valence-electron chi connectivity index (χ4n) is 5.86. The van der Waals surface area contributed by atoms with Crippen LogP contribution < -0.4 is 15.2 Å². The first-order valence-electron chi connectivity index (χ1n) is 15.6. The number of benzene rings is 1. The highest BCUT2D eigenvalue weighted by molar-refractivity contribution is 5.88. The number of carbonyl (C=O) groups excluding carboxylic acids is 2. The Morgan fingerprint density at radius 2 is 1.41 bits per heavy atom. The van der Waals surface area contributed by atoms with Gasteiger partial charge in [0.05, 0.1) is 18.7 Å². The van der Waals surface area contributed by atoms with Gasteiger partial charge in [-0.2, -0.15) is 0 Å². The molecule has 230 valence electrons. The SMILES string of the molecule is C1CCC([NH2+]C2CCCCC2)CC1.Cc1cc(/C=C(\OC2CCCCO2)C(=O)[O-])cc(C)c1OC(=O)OC(C)(C)C. The normalized spacial score (nSPS) is 20.9. The van der Waals surface area contributed by atoms with Crippen LogP contribution in [0.25, 0.3) is 6.08 Å². The Hall–Kier alpha value is -2.58. The lowest BCUT2D eigenvalue weighted by atomic mass is 9.91. The predicted molar refractivity (Wildman–Crippen MR) is 156 cm³/mol. The average molecular weight is 574 g/mol. The zero-order valence-corrected chi connectivity index (χ0v) is 25.8. The van der Waals surface area contributed by atoms with Gasteiger partial charge in [-0.3, -0.25) is 0 Å². The van der Waals surface area contributed by atoms with Gasteiger partial charge in [0.15, 0.2) is 6.29 Å². The molecule has 8 heteroatoms. The van der Waals surface area contributed by atoms with Gasteiger partial charge in [0.2, 0.25) is 0 Å². The number of aryl methyl sites for hydroxylation is 2. The molecular weight excluding hydrogens is 522 g/mol. The van der Waals surface area contributed by atoms with E-state index >= 15 is 0 Å². The van der Waals surface area contributed by atoms with Crippen LogP contribution in [0.5, 0.6) is 5.75 Å². The lowest BCUT2D eigenvalue weighted by Crippen LogP contribution is -2.95. The van der Waals surface area contributed by atoms with Crippen molar-refractivity contribution < 1.29 is 39.0 Å². The van der Waals surface area contributed by atoms with Gasteiger partial charge in [-0.15, -0.1) is 0 Å². The van der Waals surface area contributed by atoms with Crippen LogP contribution in [0.4, 0.5) is 4.79 Å². The minimum atomic E-state index is -1.42. The first-order valence-corrected chi connectivity index (χ1v) is 15.6. The van der Waals surface area contributed by atoms with Crippen LogP contribution in [0.1, 0.15) is 121 Å². The summed E-state index contributed by atoms with van der Waals surface area (Å²) in [4.78, 5) is 23.4. The first kappa shape index (κ1) is 32.9. The fourth-order valence-corrected chi connectivity index (χ4v) is 5.86. The molecule has 0 bridgehead atoms. The molecule has 2 aliphatic carbocycles. The van der Waals surface area contributed by atoms with Crippen molar-refractivity contribution in [1.82, 2.24) is 0 Å². The molecule has 41 heavy (non-hydrogen) atoms. The number of quaternary nitrogens is 1. The van der Waals surface area contributed by atoms with Crippen molar-refractivity contribution in [3.05, 3.63) is 34.6 Å². The standard InChI is InChI=1S/C21H28O7.C12H23N/c1-13-10-15(11-14(2)18(13)27-20(24)28-21(3,4)5)12-16(19(22)23)26-17-8-6-7-9-25-17;1-3-7-11(8-4-1)13-12-9-5-2-6-10-12/h10-12,17H,6-9H2,1-5H3,(H,22,23);11-13H,1-10H2/b16-12-;. The maximum absolute atomic E-state index is 11.9. The quantitative estimate of drug-likeness (QED) is 0.199. The van der Waals surface area contributed by atoms with Crippen molar-refractivity contribution >= 4 is 18.2 Å². The molecule has 2 N–H and O–H groups in total. The van der Waals surface area contributed by atoms with E-state index in [0.29, 0.717) is 35.5 Å². The molecule has 1 unspecified atom stereocenters. The maximum atomic E-state index is 11.9. The van der Waals surface area contributed by atoms with Gasteiger partial charge < -0.3 is 34.2 Å². The number of carboxylic acids is 1. The molecule has 1 aliphatic heterocycles. The fraction of sp³-hybridized carbons (Fsp3) is 0.697. The van der Waals surface area contributed by atoms with Crippen LogP contribution in [-0.2, 0) is 19.0 Å². The topological polar surface area (TPSA) is 111 Å². The van der Waals surface area contributed by atoms with Gasteiger partial charge in [0, 0.05) is 6.42 Å². The Bertz CT molecular complexity index is 972. The Morgan fingerprint density at radius 1 is 0.878 bits per heavy atom. The molecule has 0 radical (unpaired) electrons. The van der Waals surface area contributed by atoms with Gasteiger partial charge in [-0.25, -0.2) is 4.79 Å². The average Bonchev–Trinajstić information content (AvgIpc) is 2.91. The summed E-state index contributed by atoms with van der Waals surface area (Å²) >= 11 is 0. The number of aliphatic carboxylic acids is 1. The third-order valence-electron chi connectivity index (χ3n) is 7.80. The Labute approximate surface area is 246 Å². The molecule has 3 fully saturated rings. The van der Waals surface area contributed by atoms with E-state index < -0.39 is 24.0 Å². The van der Waals surface area contributed by atoms with Crippen LogP contribution in [0.2, 0.25) is 0 Å². The number of carboxylic acid groups (broad SMARTS) is 1. The molecule has 4 rings (SSSR count). The number of nitrogens with two attached hydrogens (primary N) is 1. The minimum Gasteiger partial charge on any atom is -0.542 e. The summed E-state index contributed by atoms with van der Waals surface area (Å²) in [6.45, 7) is 9.31. The second-order valence-electron chi connectivity index (χ2n) is 12.7. The molecule has 1 aromatic rings. The predicted octanol–water partition coefficient (Wildman–Crippen LogP) is 5.47. The molecule has 1 aromatic carbocycles. The molecular formula is C33H51NO7. The molecule has 1 atom stereocenters. The van der Waals surface area contributed by atoms with Crippen LogP contribution in [-0.4, -0.2) is 42.7 Å². The first-order chi connectivity index (χ1) is 19.5. The van der Waals surface area contributed by atoms with Crippen LogP contribution >= 0.6 is 0 Å². The second-order valence-corrected chi connectivity index (χ2v) is 12.7. The van der Waals surface area contributed by atoms with Crippen LogP contribution in [0, 0.1) is 13.8 Å². The molecule has 0 amide bonds. The number of hydrogen-bond donors (Lipinski definition) is 1.